The third-order valence-electron chi connectivity index (χ3n) is 2.94. The van der Waals surface area contributed by atoms with Gasteiger partial charge in [-0.15, -0.1) is 0 Å². The number of halogens is 1. The third kappa shape index (κ3) is 2.48. The maximum Gasteiger partial charge on any atom is 0.145 e. The van der Waals surface area contributed by atoms with E-state index in [0.717, 1.165) is 26.6 Å². The summed E-state index contributed by atoms with van der Waals surface area (Å²) in [5.41, 5.74) is 3.00. The molecule has 0 fully saturated rings. The number of thiazole rings is 1. The zero-order chi connectivity index (χ0) is 14.1. The van der Waals surface area contributed by atoms with Gasteiger partial charge in [0.1, 0.15) is 32.5 Å². The van der Waals surface area contributed by atoms with Crippen LogP contribution in [-0.4, -0.2) is 24.1 Å². The number of benzene rings is 1. The van der Waals surface area contributed by atoms with Gasteiger partial charge < -0.3 is 4.90 Å². The Morgan fingerprint density at radius 2 is 1.80 bits per heavy atom. The van der Waals surface area contributed by atoms with Gasteiger partial charge in [0.15, 0.2) is 0 Å². The normalized spacial score (nSPS) is 10.9. The summed E-state index contributed by atoms with van der Waals surface area (Å²) in [5, 5.41) is 1.27. The predicted octanol–water partition coefficient (Wildman–Crippen LogP) is 4.40. The number of pyridine rings is 1. The quantitative estimate of drug-likeness (QED) is 0.717. The topological polar surface area (TPSA) is 29.0 Å². The van der Waals surface area contributed by atoms with Crippen LogP contribution in [0.1, 0.15) is 0 Å². The number of hydrogen-bond donors (Lipinski definition) is 0. The van der Waals surface area contributed by atoms with E-state index in [1.165, 1.54) is 11.3 Å². The van der Waals surface area contributed by atoms with Crippen molar-refractivity contribution in [1.29, 1.82) is 0 Å². The Morgan fingerprint density at radius 1 is 1.05 bits per heavy atom. The largest absolute Gasteiger partial charge is 0.378 e. The Morgan fingerprint density at radius 3 is 2.45 bits per heavy atom. The lowest BCUT2D eigenvalue weighted by atomic mass is 10.2. The first-order valence-corrected chi connectivity index (χ1v) is 7.54. The number of aromatic nitrogens is 2. The lowest BCUT2D eigenvalue weighted by Gasteiger charge is -2.11. The van der Waals surface area contributed by atoms with E-state index in [-0.39, 0.29) is 12.1 Å². The van der Waals surface area contributed by atoms with Crippen LogP contribution in [0, 0.1) is 0 Å². The lowest BCUT2D eigenvalue weighted by molar-refractivity contribution is 0.923. The second-order valence-electron chi connectivity index (χ2n) is 4.51. The van der Waals surface area contributed by atoms with E-state index in [4.69, 9.17) is 0 Å². The van der Waals surface area contributed by atoms with Crippen molar-refractivity contribution in [3.63, 3.8) is 0 Å². The van der Waals surface area contributed by atoms with Crippen LogP contribution in [0.5, 0.6) is 0 Å². The molecule has 0 unspecified atom stereocenters. The minimum Gasteiger partial charge on any atom is -0.378 e. The van der Waals surface area contributed by atoms with E-state index < -0.39 is 0 Å². The van der Waals surface area contributed by atoms with Gasteiger partial charge in [-0.3, -0.25) is 0 Å². The van der Waals surface area contributed by atoms with Crippen molar-refractivity contribution in [2.45, 2.75) is 5.03 Å². The molecule has 0 atom stereocenters. The highest BCUT2D eigenvalue weighted by Crippen LogP contribution is 2.31. The van der Waals surface area contributed by atoms with Crippen LogP contribution in [0.4, 0.5) is 9.57 Å². The SMILES string of the molecule is CN(C)c1ccc(-c2nc3ccc(SF)nc3s2)cc1. The Hall–Kier alpha value is -1.66. The zero-order valence-corrected chi connectivity index (χ0v) is 12.6. The number of rotatable bonds is 3. The molecule has 1 aromatic carbocycles. The second kappa shape index (κ2) is 5.38. The summed E-state index contributed by atoms with van der Waals surface area (Å²) in [5.74, 6) is 0. The average molecular weight is 305 g/mol. The number of nitrogens with zero attached hydrogens (tertiary/aromatic N) is 3. The molecule has 0 saturated carbocycles. The molecule has 0 saturated heterocycles. The molecule has 0 aliphatic rings. The zero-order valence-electron chi connectivity index (χ0n) is 11.0. The molecular weight excluding hydrogens is 293 g/mol. The highest BCUT2D eigenvalue weighted by atomic mass is 32.2. The maximum absolute atomic E-state index is 12.5. The Balaban J connectivity index is 2.01. The van der Waals surface area contributed by atoms with Crippen LogP contribution in [0.2, 0.25) is 0 Å². The molecule has 6 heteroatoms. The fourth-order valence-electron chi connectivity index (χ4n) is 1.87. The van der Waals surface area contributed by atoms with Crippen LogP contribution >= 0.6 is 23.5 Å². The summed E-state index contributed by atoms with van der Waals surface area (Å²) in [7, 11) is 4.01. The molecule has 2 aromatic heterocycles. The van der Waals surface area contributed by atoms with Crippen molar-refractivity contribution < 1.29 is 3.89 Å². The van der Waals surface area contributed by atoms with Crippen LogP contribution < -0.4 is 4.90 Å². The fraction of sp³-hybridized carbons (Fsp3) is 0.143. The molecular formula is C14H12FN3S2. The highest BCUT2D eigenvalue weighted by molar-refractivity contribution is 7.94. The van der Waals surface area contributed by atoms with E-state index >= 15 is 0 Å². The number of hydrogen-bond acceptors (Lipinski definition) is 5. The molecule has 3 nitrogen and oxygen atoms in total. The summed E-state index contributed by atoms with van der Waals surface area (Å²) in [6.45, 7) is 0. The first-order valence-electron chi connectivity index (χ1n) is 6.01. The molecule has 3 aromatic rings. The van der Waals surface area contributed by atoms with Gasteiger partial charge in [-0.1, -0.05) is 11.3 Å². The van der Waals surface area contributed by atoms with Crippen molar-refractivity contribution in [2.75, 3.05) is 19.0 Å². The van der Waals surface area contributed by atoms with Gasteiger partial charge in [0, 0.05) is 25.3 Å². The van der Waals surface area contributed by atoms with E-state index in [2.05, 4.69) is 27.0 Å². The summed E-state index contributed by atoms with van der Waals surface area (Å²) in [6, 6.07) is 11.6. The molecule has 0 bridgehead atoms. The highest BCUT2D eigenvalue weighted by Gasteiger charge is 2.09. The molecule has 3 rings (SSSR count). The van der Waals surface area contributed by atoms with Gasteiger partial charge in [-0.2, -0.15) is 3.89 Å². The molecule has 0 radical (unpaired) electrons. The van der Waals surface area contributed by atoms with Crippen molar-refractivity contribution in [3.05, 3.63) is 36.4 Å². The average Bonchev–Trinajstić information content (AvgIpc) is 2.90. The monoisotopic (exact) mass is 305 g/mol. The van der Waals surface area contributed by atoms with Gasteiger partial charge in [0.25, 0.3) is 0 Å². The van der Waals surface area contributed by atoms with Crippen LogP contribution in [-0.2, 0) is 0 Å². The second-order valence-corrected chi connectivity index (χ2v) is 6.06. The summed E-state index contributed by atoms with van der Waals surface area (Å²) in [4.78, 5) is 11.6. The minimum atomic E-state index is 0.156. The van der Waals surface area contributed by atoms with Gasteiger partial charge >= 0.3 is 0 Å². The molecule has 0 spiro atoms. The van der Waals surface area contributed by atoms with Gasteiger partial charge in [-0.05, 0) is 36.4 Å². The van der Waals surface area contributed by atoms with Gasteiger partial charge in [-0.25, -0.2) is 9.97 Å². The standard InChI is InChI=1S/C14H12FN3S2/c1-18(2)10-5-3-9(4-6-10)13-16-11-7-8-12(20-15)17-14(11)19-13/h3-8H,1-2H3. The van der Waals surface area contributed by atoms with E-state index in [9.17, 15) is 3.89 Å². The predicted molar refractivity (Wildman–Crippen MR) is 84.1 cm³/mol. The van der Waals surface area contributed by atoms with Crippen LogP contribution in [0.25, 0.3) is 20.9 Å². The number of fused-ring (bicyclic) bond motifs is 1. The van der Waals surface area contributed by atoms with Gasteiger partial charge in [0.05, 0.1) is 0 Å². The molecule has 2 heterocycles. The Labute approximate surface area is 124 Å². The molecule has 0 aliphatic carbocycles. The minimum absolute atomic E-state index is 0.156. The molecule has 0 amide bonds. The smallest absolute Gasteiger partial charge is 0.145 e. The van der Waals surface area contributed by atoms with Crippen LogP contribution in [0.3, 0.4) is 0 Å². The Kier molecular flexibility index (Phi) is 3.58. The maximum atomic E-state index is 12.5. The fourth-order valence-corrected chi connectivity index (χ4v) is 3.12. The molecule has 0 aliphatic heterocycles. The van der Waals surface area contributed by atoms with E-state index in [1.54, 1.807) is 12.1 Å². The summed E-state index contributed by atoms with van der Waals surface area (Å²) >= 11 is 1.63. The first kappa shape index (κ1) is 13.3. The molecule has 0 N–H and O–H groups in total. The van der Waals surface area contributed by atoms with E-state index in [1.807, 2.05) is 26.2 Å². The van der Waals surface area contributed by atoms with Crippen molar-refractivity contribution in [2.24, 2.45) is 0 Å². The van der Waals surface area contributed by atoms with Gasteiger partial charge in [0.2, 0.25) is 0 Å². The number of anilines is 1. The lowest BCUT2D eigenvalue weighted by Crippen LogP contribution is -2.07. The molecule has 20 heavy (non-hydrogen) atoms. The van der Waals surface area contributed by atoms with Crippen molar-refractivity contribution >= 4 is 39.5 Å². The first-order chi connectivity index (χ1) is 9.67. The van der Waals surface area contributed by atoms with Crippen LogP contribution in [0.15, 0.2) is 41.4 Å². The van der Waals surface area contributed by atoms with Crippen molar-refractivity contribution in [1.82, 2.24) is 9.97 Å². The molecule has 102 valence electrons. The third-order valence-corrected chi connectivity index (χ3v) is 4.34. The summed E-state index contributed by atoms with van der Waals surface area (Å²) in [6.07, 6.45) is 0. The Bertz CT molecular complexity index is 738. The van der Waals surface area contributed by atoms with Crippen molar-refractivity contribution in [3.8, 4) is 10.6 Å². The van der Waals surface area contributed by atoms with E-state index in [0.29, 0.717) is 5.03 Å². The summed E-state index contributed by atoms with van der Waals surface area (Å²) < 4.78 is 12.5.